The second kappa shape index (κ2) is 2.66. The smallest absolute Gasteiger partial charge is 0.0117 e. The molecule has 0 nitrogen and oxygen atoms in total. The van der Waals surface area contributed by atoms with Crippen molar-refractivity contribution in [1.29, 1.82) is 0 Å². The molecule has 0 spiro atoms. The lowest BCUT2D eigenvalue weighted by atomic mass is 10.2. The minimum atomic E-state index is 0.992. The molecule has 0 aliphatic heterocycles. The maximum Gasteiger partial charge on any atom is 0.0117 e. The average molecular weight is 134 g/mol. The summed E-state index contributed by atoms with van der Waals surface area (Å²) in [6, 6.07) is 0. The minimum absolute atomic E-state index is 0.992. The summed E-state index contributed by atoms with van der Waals surface area (Å²) >= 11 is 0. The molecule has 0 aromatic rings. The Kier molecular flexibility index (Phi) is 1.67. The second-order valence-electron chi connectivity index (χ2n) is 3.65. The van der Waals surface area contributed by atoms with E-state index >= 15 is 0 Å². The van der Waals surface area contributed by atoms with E-state index in [0.717, 1.165) is 11.8 Å². The first-order chi connectivity index (χ1) is 4.95. The lowest BCUT2D eigenvalue weighted by Gasteiger charge is -1.81. The van der Waals surface area contributed by atoms with Crippen LogP contribution >= 0.6 is 0 Å². The molecule has 2 fully saturated rings. The van der Waals surface area contributed by atoms with Crippen molar-refractivity contribution in [3.8, 4) is 11.8 Å². The van der Waals surface area contributed by atoms with Gasteiger partial charge in [0.15, 0.2) is 0 Å². The Labute approximate surface area is 63.0 Å². The van der Waals surface area contributed by atoms with Crippen LogP contribution in [0.1, 0.15) is 38.5 Å². The monoisotopic (exact) mass is 134 g/mol. The highest BCUT2D eigenvalue weighted by Crippen LogP contribution is 2.33. The molecule has 0 amide bonds. The van der Waals surface area contributed by atoms with Gasteiger partial charge >= 0.3 is 0 Å². The SMILES string of the molecule is C(#CCC1CC1)CC1CC1. The summed E-state index contributed by atoms with van der Waals surface area (Å²) in [5.41, 5.74) is 0. The highest BCUT2D eigenvalue weighted by molar-refractivity contribution is 5.04. The molecule has 2 aliphatic rings. The predicted octanol–water partition coefficient (Wildman–Crippen LogP) is 2.59. The Bertz CT molecular complexity index is 144. The molecular formula is C10H14. The fraction of sp³-hybridized carbons (Fsp3) is 0.800. The van der Waals surface area contributed by atoms with Gasteiger partial charge < -0.3 is 0 Å². The fourth-order valence-electron chi connectivity index (χ4n) is 1.08. The molecular weight excluding hydrogens is 120 g/mol. The Hall–Kier alpha value is -0.440. The Morgan fingerprint density at radius 2 is 1.20 bits per heavy atom. The molecule has 54 valence electrons. The minimum Gasteiger partial charge on any atom is -0.103 e. The lowest BCUT2D eigenvalue weighted by molar-refractivity contribution is 0.864. The van der Waals surface area contributed by atoms with Crippen LogP contribution in [-0.4, -0.2) is 0 Å². The Morgan fingerprint density at radius 3 is 1.50 bits per heavy atom. The van der Waals surface area contributed by atoms with Crippen molar-refractivity contribution < 1.29 is 0 Å². The summed E-state index contributed by atoms with van der Waals surface area (Å²) in [7, 11) is 0. The zero-order chi connectivity index (χ0) is 6.81. The predicted molar refractivity (Wildman–Crippen MR) is 42.5 cm³/mol. The summed E-state index contributed by atoms with van der Waals surface area (Å²) < 4.78 is 0. The van der Waals surface area contributed by atoms with E-state index in [1.54, 1.807) is 0 Å². The third kappa shape index (κ3) is 2.06. The van der Waals surface area contributed by atoms with Crippen LogP contribution in [0.25, 0.3) is 0 Å². The van der Waals surface area contributed by atoms with Crippen LogP contribution < -0.4 is 0 Å². The first-order valence-corrected chi connectivity index (χ1v) is 4.41. The number of rotatable bonds is 2. The first kappa shape index (κ1) is 6.28. The van der Waals surface area contributed by atoms with Gasteiger partial charge in [0.25, 0.3) is 0 Å². The van der Waals surface area contributed by atoms with Gasteiger partial charge in [0.05, 0.1) is 0 Å². The van der Waals surface area contributed by atoms with E-state index in [9.17, 15) is 0 Å². The van der Waals surface area contributed by atoms with Gasteiger partial charge in [0, 0.05) is 12.8 Å². The van der Waals surface area contributed by atoms with Gasteiger partial charge in [-0.3, -0.25) is 0 Å². The van der Waals surface area contributed by atoms with Gasteiger partial charge in [-0.1, -0.05) is 0 Å². The molecule has 0 atom stereocenters. The maximum absolute atomic E-state index is 3.27. The highest BCUT2D eigenvalue weighted by Gasteiger charge is 2.20. The summed E-state index contributed by atoms with van der Waals surface area (Å²) in [6.07, 6.45) is 8.14. The molecule has 2 aliphatic carbocycles. The van der Waals surface area contributed by atoms with E-state index in [4.69, 9.17) is 0 Å². The van der Waals surface area contributed by atoms with Gasteiger partial charge in [-0.2, -0.15) is 0 Å². The molecule has 0 N–H and O–H groups in total. The standard InChI is InChI=1S/C10H14/c1(3-9-5-6-9)2-4-10-7-8-10/h9-10H,3-8H2. The van der Waals surface area contributed by atoms with E-state index in [1.807, 2.05) is 0 Å². The molecule has 0 heterocycles. The average Bonchev–Trinajstić information content (AvgIpc) is 2.77. The van der Waals surface area contributed by atoms with Crippen LogP contribution in [0.5, 0.6) is 0 Å². The van der Waals surface area contributed by atoms with Crippen molar-refractivity contribution in [2.24, 2.45) is 11.8 Å². The van der Waals surface area contributed by atoms with Gasteiger partial charge in [0.1, 0.15) is 0 Å². The summed E-state index contributed by atoms with van der Waals surface area (Å²) in [5, 5.41) is 0. The zero-order valence-electron chi connectivity index (χ0n) is 6.40. The second-order valence-corrected chi connectivity index (χ2v) is 3.65. The third-order valence-corrected chi connectivity index (χ3v) is 2.30. The molecule has 10 heavy (non-hydrogen) atoms. The lowest BCUT2D eigenvalue weighted by Crippen LogP contribution is -1.72. The fourth-order valence-corrected chi connectivity index (χ4v) is 1.08. The number of hydrogen-bond acceptors (Lipinski definition) is 0. The van der Waals surface area contributed by atoms with E-state index in [1.165, 1.54) is 38.5 Å². The molecule has 0 unspecified atom stereocenters. The molecule has 0 saturated heterocycles. The van der Waals surface area contributed by atoms with Crippen LogP contribution in [0.2, 0.25) is 0 Å². The van der Waals surface area contributed by atoms with Crippen molar-refractivity contribution >= 4 is 0 Å². The van der Waals surface area contributed by atoms with Crippen LogP contribution in [0, 0.1) is 23.7 Å². The largest absolute Gasteiger partial charge is 0.103 e. The van der Waals surface area contributed by atoms with Crippen LogP contribution in [-0.2, 0) is 0 Å². The quantitative estimate of drug-likeness (QED) is 0.509. The summed E-state index contributed by atoms with van der Waals surface area (Å²) in [4.78, 5) is 0. The van der Waals surface area contributed by atoms with E-state index in [2.05, 4.69) is 11.8 Å². The normalized spacial score (nSPS) is 23.6. The zero-order valence-corrected chi connectivity index (χ0v) is 6.40. The molecule has 2 saturated carbocycles. The van der Waals surface area contributed by atoms with E-state index in [0.29, 0.717) is 0 Å². The van der Waals surface area contributed by atoms with Gasteiger partial charge in [-0.25, -0.2) is 0 Å². The topological polar surface area (TPSA) is 0 Å². The van der Waals surface area contributed by atoms with Gasteiger partial charge in [-0.15, -0.1) is 11.8 Å². The molecule has 0 radical (unpaired) electrons. The van der Waals surface area contributed by atoms with Crippen molar-refractivity contribution in [3.63, 3.8) is 0 Å². The van der Waals surface area contributed by atoms with Crippen molar-refractivity contribution in [1.82, 2.24) is 0 Å². The summed E-state index contributed by atoms with van der Waals surface area (Å²) in [5.74, 6) is 8.52. The van der Waals surface area contributed by atoms with Gasteiger partial charge in [0.2, 0.25) is 0 Å². The van der Waals surface area contributed by atoms with Crippen molar-refractivity contribution in [3.05, 3.63) is 0 Å². The Balaban J connectivity index is 1.58. The van der Waals surface area contributed by atoms with Crippen LogP contribution in [0.4, 0.5) is 0 Å². The molecule has 2 rings (SSSR count). The molecule has 0 bridgehead atoms. The molecule has 0 aromatic carbocycles. The van der Waals surface area contributed by atoms with E-state index < -0.39 is 0 Å². The molecule has 0 aromatic heterocycles. The third-order valence-electron chi connectivity index (χ3n) is 2.30. The van der Waals surface area contributed by atoms with Crippen molar-refractivity contribution in [2.75, 3.05) is 0 Å². The number of hydrogen-bond donors (Lipinski definition) is 0. The Morgan fingerprint density at radius 1 is 0.800 bits per heavy atom. The molecule has 0 heteroatoms. The highest BCUT2D eigenvalue weighted by atomic mass is 14.3. The van der Waals surface area contributed by atoms with Gasteiger partial charge in [-0.05, 0) is 37.5 Å². The van der Waals surface area contributed by atoms with Crippen LogP contribution in [0.15, 0.2) is 0 Å². The van der Waals surface area contributed by atoms with E-state index in [-0.39, 0.29) is 0 Å². The van der Waals surface area contributed by atoms with Crippen molar-refractivity contribution in [2.45, 2.75) is 38.5 Å². The maximum atomic E-state index is 3.27. The first-order valence-electron chi connectivity index (χ1n) is 4.41. The van der Waals surface area contributed by atoms with Crippen LogP contribution in [0.3, 0.4) is 0 Å². The summed E-state index contributed by atoms with van der Waals surface area (Å²) in [6.45, 7) is 0.